The Bertz CT molecular complexity index is 1530. The number of nitrogens with zero attached hydrogens (tertiary/aromatic N) is 5. The van der Waals surface area contributed by atoms with Crippen LogP contribution in [0.25, 0.3) is 27.8 Å². The molecule has 0 saturated heterocycles. The molecule has 3 aromatic heterocycles. The molecule has 0 aliphatic rings. The SMILES string of the molecule is Cc1cccc(-n2c(C(C)Nc3ncnc4nc[nH]c34)nc3cccc(C)c3c2=O)c1C. The molecule has 0 saturated carbocycles. The summed E-state index contributed by atoms with van der Waals surface area (Å²) in [4.78, 5) is 34.6. The van der Waals surface area contributed by atoms with E-state index in [0.717, 1.165) is 22.4 Å². The number of anilines is 1. The second-order valence-corrected chi connectivity index (χ2v) is 7.99. The van der Waals surface area contributed by atoms with Crippen molar-refractivity contribution in [1.82, 2.24) is 29.5 Å². The molecule has 5 rings (SSSR count). The van der Waals surface area contributed by atoms with Gasteiger partial charge in [0.1, 0.15) is 17.7 Å². The molecule has 2 N–H and O–H groups in total. The average molecular weight is 425 g/mol. The molecule has 2 aromatic carbocycles. The minimum absolute atomic E-state index is 0.0835. The summed E-state index contributed by atoms with van der Waals surface area (Å²) in [6, 6.07) is 11.4. The highest BCUT2D eigenvalue weighted by Gasteiger charge is 2.21. The van der Waals surface area contributed by atoms with E-state index < -0.39 is 0 Å². The molecule has 32 heavy (non-hydrogen) atoms. The van der Waals surface area contributed by atoms with E-state index in [1.165, 1.54) is 6.33 Å². The molecule has 8 nitrogen and oxygen atoms in total. The summed E-state index contributed by atoms with van der Waals surface area (Å²) in [5.74, 6) is 1.21. The van der Waals surface area contributed by atoms with Crippen LogP contribution in [-0.2, 0) is 0 Å². The fraction of sp³-hybridized carbons (Fsp3) is 0.208. The number of hydrogen-bond acceptors (Lipinski definition) is 6. The molecule has 0 spiro atoms. The van der Waals surface area contributed by atoms with Crippen LogP contribution in [-0.4, -0.2) is 29.5 Å². The number of nitrogens with one attached hydrogen (secondary N) is 2. The number of hydrogen-bond donors (Lipinski definition) is 2. The van der Waals surface area contributed by atoms with Gasteiger partial charge in [-0.25, -0.2) is 19.9 Å². The van der Waals surface area contributed by atoms with Gasteiger partial charge in [-0.05, 0) is 56.5 Å². The topological polar surface area (TPSA) is 101 Å². The van der Waals surface area contributed by atoms with E-state index in [1.807, 2.05) is 64.1 Å². The van der Waals surface area contributed by atoms with E-state index in [0.29, 0.717) is 33.7 Å². The number of benzene rings is 2. The fourth-order valence-electron chi connectivity index (χ4n) is 4.06. The van der Waals surface area contributed by atoms with Gasteiger partial charge in [0.15, 0.2) is 11.5 Å². The van der Waals surface area contributed by atoms with E-state index in [9.17, 15) is 4.79 Å². The zero-order valence-corrected chi connectivity index (χ0v) is 18.3. The summed E-state index contributed by atoms with van der Waals surface area (Å²) in [7, 11) is 0. The van der Waals surface area contributed by atoms with Crippen molar-refractivity contribution < 1.29 is 0 Å². The van der Waals surface area contributed by atoms with Crippen LogP contribution in [0.5, 0.6) is 0 Å². The lowest BCUT2D eigenvalue weighted by atomic mass is 10.1. The first-order valence-electron chi connectivity index (χ1n) is 10.4. The highest BCUT2D eigenvalue weighted by molar-refractivity contribution is 5.83. The standard InChI is InChI=1S/C24H23N7O/c1-13-7-6-10-18(15(13)3)31-23(30-17-9-5-8-14(2)19(17)24(31)32)16(4)29-22-20-21(26-11-25-20)27-12-28-22/h5-12,16H,1-4H3,(H2,25,26,27,28,29). The average Bonchev–Trinajstić information content (AvgIpc) is 3.26. The second kappa shape index (κ2) is 7.56. The Morgan fingerprint density at radius 3 is 2.62 bits per heavy atom. The molecule has 0 amide bonds. The smallest absolute Gasteiger partial charge is 0.266 e. The predicted molar refractivity (Wildman–Crippen MR) is 125 cm³/mol. The summed E-state index contributed by atoms with van der Waals surface area (Å²) in [5, 5.41) is 4.02. The van der Waals surface area contributed by atoms with Crippen LogP contribution in [0.3, 0.4) is 0 Å². The summed E-state index contributed by atoms with van der Waals surface area (Å²) in [6.45, 7) is 7.98. The summed E-state index contributed by atoms with van der Waals surface area (Å²) < 4.78 is 1.72. The van der Waals surface area contributed by atoms with E-state index in [-0.39, 0.29) is 11.6 Å². The maximum absolute atomic E-state index is 13.8. The van der Waals surface area contributed by atoms with Gasteiger partial charge in [0, 0.05) is 0 Å². The zero-order chi connectivity index (χ0) is 22.4. The fourth-order valence-corrected chi connectivity index (χ4v) is 4.06. The molecule has 0 radical (unpaired) electrons. The van der Waals surface area contributed by atoms with Gasteiger partial charge >= 0.3 is 0 Å². The third kappa shape index (κ3) is 3.11. The third-order valence-electron chi connectivity index (χ3n) is 5.91. The van der Waals surface area contributed by atoms with E-state index in [2.05, 4.69) is 25.3 Å². The van der Waals surface area contributed by atoms with Gasteiger partial charge in [0.2, 0.25) is 0 Å². The first-order valence-corrected chi connectivity index (χ1v) is 10.4. The maximum atomic E-state index is 13.8. The second-order valence-electron chi connectivity index (χ2n) is 7.99. The summed E-state index contributed by atoms with van der Waals surface area (Å²) in [6.07, 6.45) is 3.05. The van der Waals surface area contributed by atoms with Gasteiger partial charge < -0.3 is 10.3 Å². The number of aryl methyl sites for hydroxylation is 2. The molecular weight excluding hydrogens is 402 g/mol. The number of aromatic amines is 1. The van der Waals surface area contributed by atoms with Gasteiger partial charge in [-0.1, -0.05) is 24.3 Å². The molecule has 1 atom stereocenters. The van der Waals surface area contributed by atoms with Gasteiger partial charge in [0.25, 0.3) is 5.56 Å². The molecule has 8 heteroatoms. The van der Waals surface area contributed by atoms with Crippen LogP contribution in [0.1, 0.15) is 35.5 Å². The van der Waals surface area contributed by atoms with Crippen LogP contribution in [0.15, 0.2) is 53.8 Å². The lowest BCUT2D eigenvalue weighted by Gasteiger charge is -2.22. The molecule has 0 bridgehead atoms. The zero-order valence-electron chi connectivity index (χ0n) is 18.3. The minimum atomic E-state index is -0.325. The quantitative estimate of drug-likeness (QED) is 0.449. The van der Waals surface area contributed by atoms with E-state index in [4.69, 9.17) is 4.98 Å². The minimum Gasteiger partial charge on any atom is -0.358 e. The number of fused-ring (bicyclic) bond motifs is 2. The van der Waals surface area contributed by atoms with Crippen LogP contribution in [0, 0.1) is 20.8 Å². The van der Waals surface area contributed by atoms with E-state index >= 15 is 0 Å². The largest absolute Gasteiger partial charge is 0.358 e. The molecule has 0 aliphatic heterocycles. The lowest BCUT2D eigenvalue weighted by molar-refractivity contribution is 0.729. The molecule has 3 heterocycles. The normalized spacial score (nSPS) is 12.4. The van der Waals surface area contributed by atoms with Gasteiger partial charge in [0.05, 0.1) is 29.0 Å². The lowest BCUT2D eigenvalue weighted by Crippen LogP contribution is -2.28. The van der Waals surface area contributed by atoms with Gasteiger partial charge in [-0.15, -0.1) is 0 Å². The predicted octanol–water partition coefficient (Wildman–Crippen LogP) is 4.15. The highest BCUT2D eigenvalue weighted by Crippen LogP contribution is 2.26. The molecule has 0 aliphatic carbocycles. The maximum Gasteiger partial charge on any atom is 0.266 e. The van der Waals surface area contributed by atoms with Crippen LogP contribution >= 0.6 is 0 Å². The first-order chi connectivity index (χ1) is 15.5. The van der Waals surface area contributed by atoms with Crippen molar-refractivity contribution in [2.75, 3.05) is 5.32 Å². The van der Waals surface area contributed by atoms with Crippen molar-refractivity contribution in [3.05, 3.63) is 81.9 Å². The number of rotatable bonds is 4. The Morgan fingerprint density at radius 1 is 1.00 bits per heavy atom. The Morgan fingerprint density at radius 2 is 1.78 bits per heavy atom. The summed E-state index contributed by atoms with van der Waals surface area (Å²) in [5.41, 5.74) is 5.75. The van der Waals surface area contributed by atoms with Crippen LogP contribution in [0.2, 0.25) is 0 Å². The van der Waals surface area contributed by atoms with Gasteiger partial charge in [-0.3, -0.25) is 9.36 Å². The highest BCUT2D eigenvalue weighted by atomic mass is 16.1. The van der Waals surface area contributed by atoms with Crippen molar-refractivity contribution >= 4 is 27.9 Å². The summed E-state index contributed by atoms with van der Waals surface area (Å²) >= 11 is 0. The molecule has 160 valence electrons. The first kappa shape index (κ1) is 19.9. The number of aromatic nitrogens is 6. The van der Waals surface area contributed by atoms with Crippen LogP contribution in [0.4, 0.5) is 5.82 Å². The van der Waals surface area contributed by atoms with Crippen LogP contribution < -0.4 is 10.9 Å². The third-order valence-corrected chi connectivity index (χ3v) is 5.91. The van der Waals surface area contributed by atoms with Crippen molar-refractivity contribution in [1.29, 1.82) is 0 Å². The Kier molecular flexibility index (Phi) is 4.70. The van der Waals surface area contributed by atoms with E-state index in [1.54, 1.807) is 10.9 Å². The van der Waals surface area contributed by atoms with Crippen molar-refractivity contribution in [3.8, 4) is 5.69 Å². The van der Waals surface area contributed by atoms with Crippen molar-refractivity contribution in [2.24, 2.45) is 0 Å². The van der Waals surface area contributed by atoms with Gasteiger partial charge in [-0.2, -0.15) is 0 Å². The van der Waals surface area contributed by atoms with Crippen molar-refractivity contribution in [3.63, 3.8) is 0 Å². The molecule has 5 aromatic rings. The number of imidazole rings is 1. The Labute approximate surface area is 184 Å². The molecule has 0 fully saturated rings. The number of H-pyrrole nitrogens is 1. The Hall–Kier alpha value is -4.07. The van der Waals surface area contributed by atoms with Crippen molar-refractivity contribution in [2.45, 2.75) is 33.7 Å². The molecule has 1 unspecified atom stereocenters. The monoisotopic (exact) mass is 425 g/mol. The molecular formula is C24H23N7O. The Balaban J connectivity index is 1.75.